The molecule has 0 aliphatic carbocycles. The molecule has 0 aliphatic heterocycles. The lowest BCUT2D eigenvalue weighted by molar-refractivity contribution is -0.138. The zero-order chi connectivity index (χ0) is 10.6. The molecule has 6 nitrogen and oxygen atoms in total. The Kier molecular flexibility index (Phi) is 3.84. The van der Waals surface area contributed by atoms with Crippen LogP contribution in [0.5, 0.6) is 0 Å². The maximum atomic E-state index is 10.8. The van der Waals surface area contributed by atoms with Crippen molar-refractivity contribution in [2.45, 2.75) is 0 Å². The predicted molar refractivity (Wildman–Crippen MR) is 50.4 cm³/mol. The van der Waals surface area contributed by atoms with Crippen molar-refractivity contribution in [3.8, 4) is 0 Å². The van der Waals surface area contributed by atoms with Gasteiger partial charge >= 0.3 is 5.97 Å². The van der Waals surface area contributed by atoms with Crippen molar-refractivity contribution in [3.63, 3.8) is 0 Å². The standard InChI is InChI=1S/C6H6Cl2N4O2/c1-14-3(13)2-9-5-4(7)11-12-6(8)10-5/h2H2,1H3,(H,9,10,12). The van der Waals surface area contributed by atoms with Gasteiger partial charge in [-0.3, -0.25) is 4.79 Å². The van der Waals surface area contributed by atoms with Gasteiger partial charge in [-0.1, -0.05) is 11.6 Å². The fourth-order valence-electron chi connectivity index (χ4n) is 0.634. The molecule has 1 aromatic heterocycles. The number of hydrogen-bond acceptors (Lipinski definition) is 6. The van der Waals surface area contributed by atoms with Gasteiger partial charge in [0.2, 0.25) is 5.28 Å². The molecule has 0 saturated heterocycles. The van der Waals surface area contributed by atoms with Gasteiger partial charge in [-0.05, 0) is 11.6 Å². The molecule has 0 saturated carbocycles. The van der Waals surface area contributed by atoms with Gasteiger partial charge in [0.05, 0.1) is 7.11 Å². The van der Waals surface area contributed by atoms with Crippen LogP contribution in [-0.2, 0) is 9.53 Å². The Morgan fingerprint density at radius 3 is 2.86 bits per heavy atom. The van der Waals surface area contributed by atoms with Gasteiger partial charge in [0.1, 0.15) is 6.54 Å². The number of hydrogen-bond donors (Lipinski definition) is 1. The average Bonchev–Trinajstić information content (AvgIpc) is 2.19. The summed E-state index contributed by atoms with van der Waals surface area (Å²) in [5.74, 6) is -0.257. The summed E-state index contributed by atoms with van der Waals surface area (Å²) in [6.07, 6.45) is 0. The van der Waals surface area contributed by atoms with Crippen molar-refractivity contribution in [1.29, 1.82) is 0 Å². The highest BCUT2D eigenvalue weighted by molar-refractivity contribution is 6.32. The van der Waals surface area contributed by atoms with E-state index in [1.54, 1.807) is 0 Å². The Labute approximate surface area is 89.6 Å². The monoisotopic (exact) mass is 236 g/mol. The van der Waals surface area contributed by atoms with Crippen LogP contribution in [0.2, 0.25) is 10.4 Å². The Hall–Kier alpha value is -1.14. The van der Waals surface area contributed by atoms with Crippen molar-refractivity contribution in [3.05, 3.63) is 10.4 Å². The van der Waals surface area contributed by atoms with E-state index in [0.29, 0.717) is 0 Å². The van der Waals surface area contributed by atoms with Crippen LogP contribution in [0.3, 0.4) is 0 Å². The van der Waals surface area contributed by atoms with Crippen LogP contribution in [0.15, 0.2) is 0 Å². The highest BCUT2D eigenvalue weighted by atomic mass is 35.5. The molecule has 0 amide bonds. The summed E-state index contributed by atoms with van der Waals surface area (Å²) in [4.78, 5) is 14.5. The smallest absolute Gasteiger partial charge is 0.325 e. The molecule has 0 aliphatic rings. The minimum absolute atomic E-state index is 0.0401. The van der Waals surface area contributed by atoms with Crippen LogP contribution in [0.25, 0.3) is 0 Å². The normalized spacial score (nSPS) is 9.64. The number of aromatic nitrogens is 3. The summed E-state index contributed by atoms with van der Waals surface area (Å²) >= 11 is 11.1. The second kappa shape index (κ2) is 4.92. The van der Waals surface area contributed by atoms with E-state index >= 15 is 0 Å². The summed E-state index contributed by atoms with van der Waals surface area (Å²) in [5.41, 5.74) is 0. The number of nitrogens with zero attached hydrogens (tertiary/aromatic N) is 3. The topological polar surface area (TPSA) is 77.0 Å². The maximum absolute atomic E-state index is 10.8. The van der Waals surface area contributed by atoms with Crippen molar-refractivity contribution < 1.29 is 9.53 Å². The second-order valence-electron chi connectivity index (χ2n) is 2.15. The van der Waals surface area contributed by atoms with Gasteiger partial charge in [-0.15, -0.1) is 10.2 Å². The quantitative estimate of drug-likeness (QED) is 0.782. The number of ether oxygens (including phenoxy) is 1. The van der Waals surface area contributed by atoms with E-state index in [0.717, 1.165) is 0 Å². The van der Waals surface area contributed by atoms with E-state index in [4.69, 9.17) is 23.2 Å². The molecule has 76 valence electrons. The SMILES string of the molecule is COC(=O)CNc1nc(Cl)nnc1Cl. The lowest BCUT2D eigenvalue weighted by Crippen LogP contribution is -2.16. The molecule has 0 atom stereocenters. The summed E-state index contributed by atoms with van der Waals surface area (Å²) in [7, 11) is 1.27. The van der Waals surface area contributed by atoms with E-state index in [1.807, 2.05) is 0 Å². The number of carbonyl (C=O) groups is 1. The molecule has 0 aromatic carbocycles. The predicted octanol–water partition coefficient (Wildman–Crippen LogP) is 0.763. The Balaban J connectivity index is 2.66. The number of halogens is 2. The molecule has 0 unspecified atom stereocenters. The number of rotatable bonds is 3. The maximum Gasteiger partial charge on any atom is 0.325 e. The molecule has 1 rings (SSSR count). The third kappa shape index (κ3) is 2.97. The number of anilines is 1. The largest absolute Gasteiger partial charge is 0.468 e. The lowest BCUT2D eigenvalue weighted by Gasteiger charge is -2.04. The van der Waals surface area contributed by atoms with Gasteiger partial charge in [-0.25, -0.2) is 0 Å². The van der Waals surface area contributed by atoms with E-state index in [1.165, 1.54) is 7.11 Å². The molecular formula is C6H6Cl2N4O2. The lowest BCUT2D eigenvalue weighted by atomic mass is 10.6. The summed E-state index contributed by atoms with van der Waals surface area (Å²) in [6.45, 7) is -0.0642. The highest BCUT2D eigenvalue weighted by Crippen LogP contribution is 2.15. The summed E-state index contributed by atoms with van der Waals surface area (Å²) in [6, 6.07) is 0. The third-order valence-corrected chi connectivity index (χ3v) is 1.66. The van der Waals surface area contributed by atoms with Crippen LogP contribution < -0.4 is 5.32 Å². The fourth-order valence-corrected chi connectivity index (χ4v) is 0.903. The second-order valence-corrected chi connectivity index (χ2v) is 2.85. The van der Waals surface area contributed by atoms with E-state index in [-0.39, 0.29) is 22.8 Å². The van der Waals surface area contributed by atoms with E-state index in [2.05, 4.69) is 25.2 Å². The van der Waals surface area contributed by atoms with Crippen LogP contribution in [0, 0.1) is 0 Å². The third-order valence-electron chi connectivity index (χ3n) is 1.25. The minimum atomic E-state index is -0.448. The van der Waals surface area contributed by atoms with E-state index in [9.17, 15) is 4.79 Å². The number of methoxy groups -OCH3 is 1. The van der Waals surface area contributed by atoms with Crippen LogP contribution in [0.4, 0.5) is 5.82 Å². The van der Waals surface area contributed by atoms with Crippen LogP contribution in [0.1, 0.15) is 0 Å². The van der Waals surface area contributed by atoms with Gasteiger partial charge < -0.3 is 10.1 Å². The van der Waals surface area contributed by atoms with Gasteiger partial charge in [0.15, 0.2) is 11.0 Å². The Morgan fingerprint density at radius 2 is 2.21 bits per heavy atom. The van der Waals surface area contributed by atoms with Gasteiger partial charge in [-0.2, -0.15) is 4.98 Å². The van der Waals surface area contributed by atoms with Gasteiger partial charge in [0.25, 0.3) is 0 Å². The van der Waals surface area contributed by atoms with Crippen molar-refractivity contribution >= 4 is 35.0 Å². The first-order valence-electron chi connectivity index (χ1n) is 3.50. The van der Waals surface area contributed by atoms with E-state index < -0.39 is 5.97 Å². The average molecular weight is 237 g/mol. The number of carbonyl (C=O) groups excluding carboxylic acids is 1. The Bertz CT molecular complexity index is 347. The molecule has 1 heterocycles. The molecule has 0 radical (unpaired) electrons. The van der Waals surface area contributed by atoms with Crippen molar-refractivity contribution in [1.82, 2.24) is 15.2 Å². The minimum Gasteiger partial charge on any atom is -0.468 e. The fraction of sp³-hybridized carbons (Fsp3) is 0.333. The van der Waals surface area contributed by atoms with Crippen LogP contribution >= 0.6 is 23.2 Å². The summed E-state index contributed by atoms with van der Waals surface area (Å²) in [5, 5.41) is 9.48. The van der Waals surface area contributed by atoms with Crippen LogP contribution in [-0.4, -0.2) is 34.8 Å². The first kappa shape index (κ1) is 10.9. The highest BCUT2D eigenvalue weighted by Gasteiger charge is 2.07. The molecule has 0 fully saturated rings. The summed E-state index contributed by atoms with van der Waals surface area (Å²) < 4.78 is 4.40. The zero-order valence-electron chi connectivity index (χ0n) is 7.12. The number of esters is 1. The Morgan fingerprint density at radius 1 is 1.50 bits per heavy atom. The first-order chi connectivity index (χ1) is 6.63. The zero-order valence-corrected chi connectivity index (χ0v) is 8.63. The molecule has 1 N–H and O–H groups in total. The molecule has 14 heavy (non-hydrogen) atoms. The van der Waals surface area contributed by atoms with Crippen molar-refractivity contribution in [2.24, 2.45) is 0 Å². The molecular weight excluding hydrogens is 231 g/mol. The number of nitrogens with one attached hydrogen (secondary N) is 1. The molecule has 0 bridgehead atoms. The molecule has 0 spiro atoms. The first-order valence-corrected chi connectivity index (χ1v) is 4.25. The molecule has 1 aromatic rings. The van der Waals surface area contributed by atoms with Gasteiger partial charge in [0, 0.05) is 0 Å². The molecule has 8 heteroatoms. The van der Waals surface area contributed by atoms with Crippen molar-refractivity contribution in [2.75, 3.05) is 19.0 Å².